The monoisotopic (exact) mass is 382 g/mol. The third-order valence-corrected chi connectivity index (χ3v) is 5.30. The Balaban J connectivity index is 1.88. The maximum Gasteiger partial charge on any atom is 0.343 e. The van der Waals surface area contributed by atoms with Crippen LogP contribution in [0.5, 0.6) is 0 Å². The molecule has 2 N–H and O–H groups in total. The molecule has 2 aromatic carbocycles. The van der Waals surface area contributed by atoms with Crippen LogP contribution in [0.3, 0.4) is 0 Å². The van der Waals surface area contributed by atoms with Gasteiger partial charge in [0.1, 0.15) is 5.25 Å². The molecule has 0 spiro atoms. The second-order valence-corrected chi connectivity index (χ2v) is 7.30. The van der Waals surface area contributed by atoms with Crippen LogP contribution in [0.2, 0.25) is 0 Å². The smallest absolute Gasteiger partial charge is 0.325 e. The van der Waals surface area contributed by atoms with E-state index in [-0.39, 0.29) is 11.6 Å². The standard InChI is InChI=1S/C20H22N4O2S/c1-3-13-24-19(26)22-23-20(24)27-17(15-7-5-4-6-8-15)18(25)21-16-11-9-14(2)10-12-16/h4-12,17H,3,13H2,1-2H3,(H,21,25)(H,22,26). The first-order chi connectivity index (χ1) is 13.1. The van der Waals surface area contributed by atoms with E-state index >= 15 is 0 Å². The summed E-state index contributed by atoms with van der Waals surface area (Å²) in [5.41, 5.74) is 2.46. The van der Waals surface area contributed by atoms with Crippen molar-refractivity contribution in [3.63, 3.8) is 0 Å². The highest BCUT2D eigenvalue weighted by Crippen LogP contribution is 2.34. The van der Waals surface area contributed by atoms with Gasteiger partial charge >= 0.3 is 5.69 Å². The van der Waals surface area contributed by atoms with Crippen molar-refractivity contribution in [2.24, 2.45) is 0 Å². The molecule has 0 aliphatic heterocycles. The zero-order valence-electron chi connectivity index (χ0n) is 15.3. The molecule has 1 unspecified atom stereocenters. The molecule has 140 valence electrons. The highest BCUT2D eigenvalue weighted by molar-refractivity contribution is 8.00. The molecule has 1 heterocycles. The van der Waals surface area contributed by atoms with E-state index in [0.29, 0.717) is 11.7 Å². The predicted octanol–water partition coefficient (Wildman–Crippen LogP) is 3.76. The van der Waals surface area contributed by atoms with Gasteiger partial charge in [-0.15, -0.1) is 5.10 Å². The normalized spacial score (nSPS) is 11.9. The molecular formula is C20H22N4O2S. The Labute approximate surface area is 162 Å². The van der Waals surface area contributed by atoms with Crippen molar-refractivity contribution in [3.05, 3.63) is 76.2 Å². The Bertz CT molecular complexity index is 948. The number of carbonyl (C=O) groups is 1. The maximum absolute atomic E-state index is 13.0. The summed E-state index contributed by atoms with van der Waals surface area (Å²) in [5.74, 6) is -0.159. The van der Waals surface area contributed by atoms with Gasteiger partial charge in [-0.3, -0.25) is 9.36 Å². The molecule has 3 rings (SSSR count). The molecule has 1 amide bonds. The number of hydrogen-bond acceptors (Lipinski definition) is 4. The van der Waals surface area contributed by atoms with Crippen LogP contribution in [-0.4, -0.2) is 20.7 Å². The number of H-pyrrole nitrogens is 1. The number of hydrogen-bond donors (Lipinski definition) is 2. The number of aryl methyl sites for hydroxylation is 1. The Kier molecular flexibility index (Phi) is 6.13. The summed E-state index contributed by atoms with van der Waals surface area (Å²) in [6.07, 6.45) is 0.804. The Hall–Kier alpha value is -2.80. The average Bonchev–Trinajstić information content (AvgIpc) is 3.02. The Morgan fingerprint density at radius 3 is 2.56 bits per heavy atom. The zero-order valence-corrected chi connectivity index (χ0v) is 16.1. The first kappa shape index (κ1) is 19.0. The predicted molar refractivity (Wildman–Crippen MR) is 108 cm³/mol. The van der Waals surface area contributed by atoms with Gasteiger partial charge in [0.2, 0.25) is 5.91 Å². The van der Waals surface area contributed by atoms with Crippen LogP contribution in [0.25, 0.3) is 0 Å². The highest BCUT2D eigenvalue weighted by atomic mass is 32.2. The molecule has 3 aromatic rings. The van der Waals surface area contributed by atoms with Crippen LogP contribution in [-0.2, 0) is 11.3 Å². The number of rotatable bonds is 7. The number of carbonyl (C=O) groups excluding carboxylic acids is 1. The summed E-state index contributed by atoms with van der Waals surface area (Å²) in [6.45, 7) is 4.55. The van der Waals surface area contributed by atoms with Crippen LogP contribution in [0, 0.1) is 6.92 Å². The molecule has 1 aromatic heterocycles. The van der Waals surface area contributed by atoms with Gasteiger partial charge < -0.3 is 5.32 Å². The van der Waals surface area contributed by atoms with Crippen molar-refractivity contribution in [3.8, 4) is 0 Å². The fourth-order valence-electron chi connectivity index (χ4n) is 2.66. The summed E-state index contributed by atoms with van der Waals surface area (Å²) in [4.78, 5) is 25.0. The number of thioether (sulfide) groups is 1. The molecule has 27 heavy (non-hydrogen) atoms. The molecule has 0 saturated heterocycles. The SMILES string of the molecule is CCCn1c(SC(C(=O)Nc2ccc(C)cc2)c2ccccc2)n[nH]c1=O. The lowest BCUT2D eigenvalue weighted by atomic mass is 10.1. The highest BCUT2D eigenvalue weighted by Gasteiger charge is 2.25. The second kappa shape index (κ2) is 8.73. The minimum absolute atomic E-state index is 0.159. The van der Waals surface area contributed by atoms with Gasteiger partial charge in [0.05, 0.1) is 0 Å². The Morgan fingerprint density at radius 2 is 1.89 bits per heavy atom. The largest absolute Gasteiger partial charge is 0.343 e. The van der Waals surface area contributed by atoms with Crippen LogP contribution in [0.1, 0.15) is 29.7 Å². The molecule has 0 bridgehead atoms. The van der Waals surface area contributed by atoms with E-state index < -0.39 is 5.25 Å². The zero-order chi connectivity index (χ0) is 19.2. The van der Waals surface area contributed by atoms with E-state index in [1.165, 1.54) is 11.8 Å². The lowest BCUT2D eigenvalue weighted by Crippen LogP contribution is -2.21. The van der Waals surface area contributed by atoms with Crippen LogP contribution >= 0.6 is 11.8 Å². The van der Waals surface area contributed by atoms with Crippen molar-refractivity contribution in [2.45, 2.75) is 37.2 Å². The Morgan fingerprint density at radius 1 is 1.19 bits per heavy atom. The molecular weight excluding hydrogens is 360 g/mol. The van der Waals surface area contributed by atoms with Crippen molar-refractivity contribution in [2.75, 3.05) is 5.32 Å². The van der Waals surface area contributed by atoms with Crippen molar-refractivity contribution in [1.29, 1.82) is 0 Å². The molecule has 0 saturated carbocycles. The number of nitrogens with zero attached hydrogens (tertiary/aromatic N) is 2. The van der Waals surface area contributed by atoms with Crippen LogP contribution in [0.15, 0.2) is 64.5 Å². The van der Waals surface area contributed by atoms with Crippen molar-refractivity contribution in [1.82, 2.24) is 14.8 Å². The molecule has 0 fully saturated rings. The first-order valence-electron chi connectivity index (χ1n) is 8.83. The molecule has 0 radical (unpaired) electrons. The summed E-state index contributed by atoms with van der Waals surface area (Å²) in [7, 11) is 0. The first-order valence-corrected chi connectivity index (χ1v) is 9.70. The summed E-state index contributed by atoms with van der Waals surface area (Å²) >= 11 is 1.27. The second-order valence-electron chi connectivity index (χ2n) is 6.23. The number of aromatic amines is 1. The molecule has 1 atom stereocenters. The van der Waals surface area contributed by atoms with Crippen molar-refractivity contribution >= 4 is 23.4 Å². The summed E-state index contributed by atoms with van der Waals surface area (Å²) < 4.78 is 1.57. The minimum Gasteiger partial charge on any atom is -0.325 e. The number of benzene rings is 2. The number of amides is 1. The van der Waals surface area contributed by atoms with Gasteiger partial charge in [0, 0.05) is 12.2 Å². The van der Waals surface area contributed by atoms with E-state index in [1.54, 1.807) is 4.57 Å². The van der Waals surface area contributed by atoms with Gasteiger partial charge in [-0.25, -0.2) is 9.89 Å². The van der Waals surface area contributed by atoms with E-state index in [2.05, 4.69) is 15.5 Å². The minimum atomic E-state index is -0.529. The van der Waals surface area contributed by atoms with Gasteiger partial charge in [-0.05, 0) is 31.0 Å². The number of anilines is 1. The van der Waals surface area contributed by atoms with Gasteiger partial charge in [-0.2, -0.15) is 0 Å². The summed E-state index contributed by atoms with van der Waals surface area (Å²) in [5, 5.41) is 9.53. The summed E-state index contributed by atoms with van der Waals surface area (Å²) in [6, 6.07) is 17.2. The van der Waals surface area contributed by atoms with Crippen LogP contribution in [0.4, 0.5) is 5.69 Å². The van der Waals surface area contributed by atoms with E-state index in [9.17, 15) is 9.59 Å². The molecule has 0 aliphatic rings. The van der Waals surface area contributed by atoms with Gasteiger partial charge in [0.15, 0.2) is 5.16 Å². The fourth-order valence-corrected chi connectivity index (χ4v) is 3.73. The fraction of sp³-hybridized carbons (Fsp3) is 0.250. The van der Waals surface area contributed by atoms with Crippen molar-refractivity contribution < 1.29 is 4.79 Å². The van der Waals surface area contributed by atoms with Crippen LogP contribution < -0.4 is 11.0 Å². The maximum atomic E-state index is 13.0. The van der Waals surface area contributed by atoms with E-state index in [4.69, 9.17) is 0 Å². The molecule has 0 aliphatic carbocycles. The third kappa shape index (κ3) is 4.68. The quantitative estimate of drug-likeness (QED) is 0.610. The number of aromatic nitrogens is 3. The topological polar surface area (TPSA) is 79.8 Å². The van der Waals surface area contributed by atoms with E-state index in [1.807, 2.05) is 68.4 Å². The lowest BCUT2D eigenvalue weighted by molar-refractivity contribution is -0.115. The number of nitrogens with one attached hydrogen (secondary N) is 2. The van der Waals surface area contributed by atoms with E-state index in [0.717, 1.165) is 23.2 Å². The lowest BCUT2D eigenvalue weighted by Gasteiger charge is -2.17. The molecule has 6 nitrogen and oxygen atoms in total. The average molecular weight is 382 g/mol. The van der Waals surface area contributed by atoms with Gasteiger partial charge in [0.25, 0.3) is 0 Å². The van der Waals surface area contributed by atoms with Gasteiger partial charge in [-0.1, -0.05) is 66.7 Å². The molecule has 7 heteroatoms. The third-order valence-electron chi connectivity index (χ3n) is 4.05.